The molecule has 1 N–H and O–H groups in total. The minimum Gasteiger partial charge on any atom is -0.442 e. The summed E-state index contributed by atoms with van der Waals surface area (Å²) in [6.07, 6.45) is 2.54. The van der Waals surface area contributed by atoms with E-state index in [-0.39, 0.29) is 22.3 Å². The average Bonchev–Trinajstić information content (AvgIpc) is 2.96. The number of benzene rings is 1. The number of sulfonamides is 1. The Labute approximate surface area is 168 Å². The highest BCUT2D eigenvalue weighted by Crippen LogP contribution is 2.46. The summed E-state index contributed by atoms with van der Waals surface area (Å²) in [4.78, 5) is 37.2. The van der Waals surface area contributed by atoms with E-state index in [9.17, 15) is 22.8 Å². The quantitative estimate of drug-likeness (QED) is 0.755. The van der Waals surface area contributed by atoms with Crippen molar-refractivity contribution >= 4 is 27.5 Å². The van der Waals surface area contributed by atoms with Crippen LogP contribution in [0.1, 0.15) is 71.0 Å². The van der Waals surface area contributed by atoms with E-state index in [0.717, 1.165) is 30.9 Å². The second-order valence-electron chi connectivity index (χ2n) is 8.29. The molecule has 2 aliphatic rings. The van der Waals surface area contributed by atoms with E-state index in [4.69, 9.17) is 4.42 Å². The predicted octanol–water partition coefficient (Wildman–Crippen LogP) is 3.07. The lowest BCUT2D eigenvalue weighted by atomic mass is 9.69. The number of hydrogen-bond donors (Lipinski definition) is 1. The monoisotopic (exact) mass is 415 g/mol. The van der Waals surface area contributed by atoms with Gasteiger partial charge < -0.3 is 4.42 Å². The van der Waals surface area contributed by atoms with Crippen LogP contribution in [-0.2, 0) is 26.7 Å². The molecule has 2 aliphatic carbocycles. The van der Waals surface area contributed by atoms with Gasteiger partial charge in [0, 0.05) is 23.6 Å². The minimum absolute atomic E-state index is 0.0239. The van der Waals surface area contributed by atoms with Crippen molar-refractivity contribution in [3.05, 3.63) is 39.9 Å². The second-order valence-corrected chi connectivity index (χ2v) is 9.87. The van der Waals surface area contributed by atoms with Crippen molar-refractivity contribution in [1.82, 2.24) is 4.72 Å². The number of rotatable bonds is 2. The molecule has 0 bridgehead atoms. The zero-order valence-electron chi connectivity index (χ0n) is 16.6. The summed E-state index contributed by atoms with van der Waals surface area (Å²) in [5.41, 5.74) is 2.45. The Morgan fingerprint density at radius 2 is 1.79 bits per heavy atom. The standard InChI is InChI=1S/C21H21NO6S/c1-10-15-17(24)18(25)16-12-6-5-9-21(3,4)14(12)8-7-13(16)19(15)28-20(10)29(26,27)22-11(2)23/h7-8H,5-6,9H2,1-4H3,(H,22,23). The molecule has 1 aromatic heterocycles. The number of carbonyl (C=O) groups excluding carboxylic acids is 3. The van der Waals surface area contributed by atoms with Crippen LogP contribution in [0.2, 0.25) is 0 Å². The van der Waals surface area contributed by atoms with Crippen LogP contribution in [0.4, 0.5) is 0 Å². The summed E-state index contributed by atoms with van der Waals surface area (Å²) in [6, 6.07) is 3.65. The maximum Gasteiger partial charge on any atom is 0.297 e. The van der Waals surface area contributed by atoms with E-state index in [1.807, 2.05) is 10.8 Å². The summed E-state index contributed by atoms with van der Waals surface area (Å²) < 4.78 is 32.4. The van der Waals surface area contributed by atoms with Crippen molar-refractivity contribution in [3.63, 3.8) is 0 Å². The lowest BCUT2D eigenvalue weighted by molar-refractivity contribution is -0.117. The van der Waals surface area contributed by atoms with Gasteiger partial charge >= 0.3 is 0 Å². The largest absolute Gasteiger partial charge is 0.442 e. The van der Waals surface area contributed by atoms with Crippen molar-refractivity contribution in [2.24, 2.45) is 0 Å². The first kappa shape index (κ1) is 19.6. The maximum atomic E-state index is 13.0. The molecular weight excluding hydrogens is 394 g/mol. The van der Waals surface area contributed by atoms with E-state index < -0.39 is 32.6 Å². The van der Waals surface area contributed by atoms with Gasteiger partial charge in [0.15, 0.2) is 0 Å². The topological polar surface area (TPSA) is 111 Å². The molecule has 29 heavy (non-hydrogen) atoms. The molecule has 1 amide bonds. The number of nitrogens with one attached hydrogen (secondary N) is 1. The lowest BCUT2D eigenvalue weighted by Crippen LogP contribution is -2.29. The maximum absolute atomic E-state index is 13.0. The van der Waals surface area contributed by atoms with Crippen LogP contribution >= 0.6 is 0 Å². The van der Waals surface area contributed by atoms with E-state index in [1.54, 1.807) is 6.07 Å². The SMILES string of the molecule is CC(=O)NS(=O)(=O)c1oc2c(c1C)C(=O)C(=O)c1c-2ccc2c1CCCC2(C)C. The molecule has 0 atom stereocenters. The molecule has 7 nitrogen and oxygen atoms in total. The van der Waals surface area contributed by atoms with Crippen LogP contribution in [0.25, 0.3) is 11.3 Å². The van der Waals surface area contributed by atoms with Gasteiger partial charge in [0.1, 0.15) is 5.76 Å². The van der Waals surface area contributed by atoms with Gasteiger partial charge in [-0.1, -0.05) is 26.0 Å². The Bertz CT molecular complexity index is 1220. The summed E-state index contributed by atoms with van der Waals surface area (Å²) in [7, 11) is -4.29. The molecule has 1 aromatic carbocycles. The van der Waals surface area contributed by atoms with Gasteiger partial charge in [0.25, 0.3) is 10.0 Å². The molecule has 2 aromatic rings. The van der Waals surface area contributed by atoms with Crippen LogP contribution in [0.5, 0.6) is 0 Å². The van der Waals surface area contributed by atoms with E-state index >= 15 is 0 Å². The fourth-order valence-electron chi connectivity index (χ4n) is 4.51. The Morgan fingerprint density at radius 1 is 1.14 bits per heavy atom. The number of carbonyl (C=O) groups is 3. The van der Waals surface area contributed by atoms with Crippen LogP contribution in [0, 0.1) is 6.92 Å². The Kier molecular flexibility index (Phi) is 4.13. The Morgan fingerprint density at radius 3 is 2.45 bits per heavy atom. The highest BCUT2D eigenvalue weighted by molar-refractivity contribution is 7.90. The van der Waals surface area contributed by atoms with Gasteiger partial charge in [0.05, 0.1) is 5.56 Å². The smallest absolute Gasteiger partial charge is 0.297 e. The van der Waals surface area contributed by atoms with Crippen molar-refractivity contribution in [3.8, 4) is 11.3 Å². The third-order valence-corrected chi connectivity index (χ3v) is 7.23. The fourth-order valence-corrected chi connectivity index (χ4v) is 5.68. The minimum atomic E-state index is -4.29. The van der Waals surface area contributed by atoms with E-state index in [2.05, 4.69) is 13.8 Å². The normalized spacial score (nSPS) is 17.4. The number of Topliss-reactive ketones (excluding diaryl/α,β-unsaturated/α-hetero) is 2. The highest BCUT2D eigenvalue weighted by atomic mass is 32.2. The molecule has 0 saturated carbocycles. The van der Waals surface area contributed by atoms with Gasteiger partial charge in [-0.25, -0.2) is 4.72 Å². The molecule has 0 spiro atoms. The van der Waals surface area contributed by atoms with Crippen molar-refractivity contribution in [2.45, 2.75) is 57.5 Å². The van der Waals surface area contributed by atoms with Crippen LogP contribution in [-0.4, -0.2) is 25.9 Å². The third-order valence-electron chi connectivity index (χ3n) is 5.80. The van der Waals surface area contributed by atoms with Gasteiger partial charge in [-0.15, -0.1) is 0 Å². The van der Waals surface area contributed by atoms with Gasteiger partial charge in [0.2, 0.25) is 22.6 Å². The Balaban J connectivity index is 2.00. The molecule has 0 radical (unpaired) electrons. The number of fused-ring (bicyclic) bond motifs is 5. The van der Waals surface area contributed by atoms with Gasteiger partial charge in [-0.3, -0.25) is 14.4 Å². The molecule has 0 aliphatic heterocycles. The van der Waals surface area contributed by atoms with Crippen molar-refractivity contribution in [2.75, 3.05) is 0 Å². The number of ketones is 2. The second kappa shape index (κ2) is 6.13. The average molecular weight is 415 g/mol. The van der Waals surface area contributed by atoms with Crippen molar-refractivity contribution < 1.29 is 27.2 Å². The first-order valence-electron chi connectivity index (χ1n) is 9.38. The highest BCUT2D eigenvalue weighted by Gasteiger charge is 2.42. The Hall–Kier alpha value is -2.74. The third kappa shape index (κ3) is 2.77. The molecular formula is C21H21NO6S. The molecule has 4 rings (SSSR count). The van der Waals surface area contributed by atoms with Crippen LogP contribution in [0.3, 0.4) is 0 Å². The first-order chi connectivity index (χ1) is 13.5. The summed E-state index contributed by atoms with van der Waals surface area (Å²) in [5, 5.41) is -0.523. The lowest BCUT2D eigenvalue weighted by Gasteiger charge is -2.34. The first-order valence-corrected chi connectivity index (χ1v) is 10.9. The zero-order valence-corrected chi connectivity index (χ0v) is 17.5. The molecule has 152 valence electrons. The summed E-state index contributed by atoms with van der Waals surface area (Å²) in [6.45, 7) is 6.67. The van der Waals surface area contributed by atoms with Crippen LogP contribution < -0.4 is 4.72 Å². The zero-order chi connectivity index (χ0) is 21.3. The molecule has 0 saturated heterocycles. The fraction of sp³-hybridized carbons (Fsp3) is 0.381. The molecule has 8 heteroatoms. The van der Waals surface area contributed by atoms with E-state index in [1.165, 1.54) is 6.92 Å². The number of hydrogen-bond acceptors (Lipinski definition) is 6. The predicted molar refractivity (Wildman–Crippen MR) is 105 cm³/mol. The molecule has 0 fully saturated rings. The van der Waals surface area contributed by atoms with Gasteiger partial charge in [-0.2, -0.15) is 8.42 Å². The number of amides is 1. The van der Waals surface area contributed by atoms with E-state index in [0.29, 0.717) is 17.5 Å². The van der Waals surface area contributed by atoms with Crippen molar-refractivity contribution in [1.29, 1.82) is 0 Å². The number of furan rings is 1. The molecule has 0 unspecified atom stereocenters. The summed E-state index contributed by atoms with van der Waals surface area (Å²) >= 11 is 0. The van der Waals surface area contributed by atoms with Crippen LogP contribution in [0.15, 0.2) is 21.6 Å². The summed E-state index contributed by atoms with van der Waals surface area (Å²) in [5.74, 6) is -2.14. The van der Waals surface area contributed by atoms with Gasteiger partial charge in [-0.05, 0) is 42.7 Å². The molecule has 1 heterocycles.